The lowest BCUT2D eigenvalue weighted by atomic mass is 9.91. The van der Waals surface area contributed by atoms with E-state index in [1.807, 2.05) is 55.4 Å². The van der Waals surface area contributed by atoms with Gasteiger partial charge in [-0.3, -0.25) is 19.4 Å². The van der Waals surface area contributed by atoms with Crippen LogP contribution in [-0.4, -0.2) is 55.8 Å². The molecule has 1 fully saturated rings. The summed E-state index contributed by atoms with van der Waals surface area (Å²) in [6, 6.07) is 11.3. The number of amides is 4. The van der Waals surface area contributed by atoms with Gasteiger partial charge in [-0.1, -0.05) is 30.3 Å². The van der Waals surface area contributed by atoms with Crippen molar-refractivity contribution >= 4 is 34.3 Å². The van der Waals surface area contributed by atoms with Crippen LogP contribution in [0.3, 0.4) is 0 Å². The van der Waals surface area contributed by atoms with Crippen LogP contribution in [0.25, 0.3) is 10.8 Å². The van der Waals surface area contributed by atoms with E-state index in [1.54, 1.807) is 0 Å². The SMILES string of the molecule is CN1C(=O)C(Cc2ccc(N(C)C)c3ccccc23)C(=O)N(C)C1=O. The fraction of sp³-hybridized carbons (Fsp3) is 0.316. The Labute approximate surface area is 146 Å². The van der Waals surface area contributed by atoms with Gasteiger partial charge in [0, 0.05) is 39.3 Å². The molecule has 1 aliphatic rings. The Balaban J connectivity index is 2.04. The number of benzene rings is 2. The standard InChI is InChI=1S/C19H21N3O3/c1-20(2)16-10-9-12(13-7-5-6-8-14(13)16)11-15-17(23)21(3)19(25)22(4)18(15)24/h5-10,15H,11H2,1-4H3. The second-order valence-electron chi connectivity index (χ2n) is 6.52. The Morgan fingerprint density at radius 2 is 1.44 bits per heavy atom. The van der Waals surface area contributed by atoms with E-state index in [0.29, 0.717) is 0 Å². The van der Waals surface area contributed by atoms with Gasteiger partial charge in [-0.25, -0.2) is 4.79 Å². The zero-order valence-electron chi connectivity index (χ0n) is 14.8. The van der Waals surface area contributed by atoms with Gasteiger partial charge in [0.25, 0.3) is 0 Å². The van der Waals surface area contributed by atoms with E-state index < -0.39 is 23.8 Å². The van der Waals surface area contributed by atoms with E-state index in [4.69, 9.17) is 0 Å². The van der Waals surface area contributed by atoms with Crippen molar-refractivity contribution in [2.45, 2.75) is 6.42 Å². The van der Waals surface area contributed by atoms with Crippen LogP contribution in [0.4, 0.5) is 10.5 Å². The monoisotopic (exact) mass is 339 g/mol. The van der Waals surface area contributed by atoms with Crippen molar-refractivity contribution in [3.05, 3.63) is 42.0 Å². The Bertz CT molecular complexity index is 851. The van der Waals surface area contributed by atoms with E-state index in [2.05, 4.69) is 0 Å². The lowest BCUT2D eigenvalue weighted by Crippen LogP contribution is -2.57. The van der Waals surface area contributed by atoms with Crippen molar-refractivity contribution in [1.29, 1.82) is 0 Å². The summed E-state index contributed by atoms with van der Waals surface area (Å²) >= 11 is 0. The predicted octanol–water partition coefficient (Wildman–Crippen LogP) is 2.11. The molecule has 0 unspecified atom stereocenters. The third kappa shape index (κ3) is 2.73. The van der Waals surface area contributed by atoms with Crippen LogP contribution in [0.1, 0.15) is 5.56 Å². The highest BCUT2D eigenvalue weighted by molar-refractivity contribution is 6.16. The first-order valence-corrected chi connectivity index (χ1v) is 8.10. The van der Waals surface area contributed by atoms with Crippen molar-refractivity contribution in [2.75, 3.05) is 33.1 Å². The number of carbonyl (C=O) groups excluding carboxylic acids is 3. The maximum Gasteiger partial charge on any atom is 0.332 e. The summed E-state index contributed by atoms with van der Waals surface area (Å²) in [5.74, 6) is -1.77. The molecule has 3 rings (SSSR count). The molecule has 1 heterocycles. The molecule has 0 N–H and O–H groups in total. The van der Waals surface area contributed by atoms with Crippen LogP contribution in [0.2, 0.25) is 0 Å². The van der Waals surface area contributed by atoms with Gasteiger partial charge in [-0.05, 0) is 23.4 Å². The number of fused-ring (bicyclic) bond motifs is 1. The lowest BCUT2D eigenvalue weighted by Gasteiger charge is -2.33. The van der Waals surface area contributed by atoms with Gasteiger partial charge in [0.05, 0.1) is 0 Å². The fourth-order valence-electron chi connectivity index (χ4n) is 3.29. The first kappa shape index (κ1) is 17.0. The number of nitrogens with zero attached hydrogens (tertiary/aromatic N) is 3. The summed E-state index contributed by atoms with van der Waals surface area (Å²) < 4.78 is 0. The number of barbiturate groups is 1. The van der Waals surface area contributed by atoms with Crippen LogP contribution >= 0.6 is 0 Å². The summed E-state index contributed by atoms with van der Waals surface area (Å²) in [7, 11) is 6.78. The summed E-state index contributed by atoms with van der Waals surface area (Å²) in [4.78, 5) is 40.9. The molecule has 0 aliphatic carbocycles. The Morgan fingerprint density at radius 1 is 0.880 bits per heavy atom. The maximum atomic E-state index is 12.5. The largest absolute Gasteiger partial charge is 0.377 e. The van der Waals surface area contributed by atoms with E-state index in [1.165, 1.54) is 14.1 Å². The van der Waals surface area contributed by atoms with Crippen LogP contribution in [0.5, 0.6) is 0 Å². The molecule has 4 amide bonds. The molecule has 1 saturated heterocycles. The molecule has 6 nitrogen and oxygen atoms in total. The number of urea groups is 1. The Morgan fingerprint density at radius 3 is 2.00 bits per heavy atom. The van der Waals surface area contributed by atoms with Gasteiger partial charge in [0.15, 0.2) is 0 Å². The first-order chi connectivity index (χ1) is 11.8. The van der Waals surface area contributed by atoms with Gasteiger partial charge < -0.3 is 4.90 Å². The van der Waals surface area contributed by atoms with Crippen molar-refractivity contribution in [2.24, 2.45) is 5.92 Å². The molecule has 6 heteroatoms. The number of anilines is 1. The van der Waals surface area contributed by atoms with Gasteiger partial charge in [-0.2, -0.15) is 0 Å². The third-order valence-corrected chi connectivity index (χ3v) is 4.73. The number of hydrogen-bond donors (Lipinski definition) is 0. The number of hydrogen-bond acceptors (Lipinski definition) is 4. The second kappa shape index (κ2) is 6.20. The minimum Gasteiger partial charge on any atom is -0.377 e. The summed E-state index contributed by atoms with van der Waals surface area (Å²) in [5.41, 5.74) is 1.99. The highest BCUT2D eigenvalue weighted by Crippen LogP contribution is 2.31. The first-order valence-electron chi connectivity index (χ1n) is 8.10. The molecule has 0 atom stereocenters. The zero-order chi connectivity index (χ0) is 18.3. The average molecular weight is 339 g/mol. The van der Waals surface area contributed by atoms with Gasteiger partial charge >= 0.3 is 6.03 Å². The average Bonchev–Trinajstić information content (AvgIpc) is 2.61. The molecule has 2 aromatic rings. The van der Waals surface area contributed by atoms with Gasteiger partial charge in [-0.15, -0.1) is 0 Å². The minimum absolute atomic E-state index is 0.272. The van der Waals surface area contributed by atoms with Crippen LogP contribution in [-0.2, 0) is 16.0 Å². The number of rotatable bonds is 3. The van der Waals surface area contributed by atoms with Crippen LogP contribution in [0, 0.1) is 5.92 Å². The highest BCUT2D eigenvalue weighted by atomic mass is 16.2. The van der Waals surface area contributed by atoms with E-state index in [9.17, 15) is 14.4 Å². The number of imide groups is 2. The van der Waals surface area contributed by atoms with Crippen LogP contribution < -0.4 is 4.90 Å². The van der Waals surface area contributed by atoms with Gasteiger partial charge in [0.2, 0.25) is 11.8 Å². The summed E-state index contributed by atoms with van der Waals surface area (Å²) in [5, 5.41) is 2.08. The fourth-order valence-corrected chi connectivity index (χ4v) is 3.29. The normalized spacial score (nSPS) is 16.1. The smallest absolute Gasteiger partial charge is 0.332 e. The molecule has 0 bridgehead atoms. The van der Waals surface area contributed by atoms with E-state index >= 15 is 0 Å². The molecule has 0 saturated carbocycles. The van der Waals surface area contributed by atoms with Gasteiger partial charge in [0.1, 0.15) is 5.92 Å². The molecular formula is C19H21N3O3. The Kier molecular flexibility index (Phi) is 4.20. The molecule has 130 valence electrons. The summed E-state index contributed by atoms with van der Waals surface area (Å²) in [6.45, 7) is 0. The molecule has 2 aromatic carbocycles. The summed E-state index contributed by atoms with van der Waals surface area (Å²) in [6.07, 6.45) is 0.272. The van der Waals surface area contributed by atoms with Crippen molar-refractivity contribution in [1.82, 2.24) is 9.80 Å². The third-order valence-electron chi connectivity index (χ3n) is 4.73. The molecule has 0 aromatic heterocycles. The minimum atomic E-state index is -0.874. The van der Waals surface area contributed by atoms with Crippen LogP contribution in [0.15, 0.2) is 36.4 Å². The zero-order valence-corrected chi connectivity index (χ0v) is 14.8. The van der Waals surface area contributed by atoms with Crippen molar-refractivity contribution in [3.63, 3.8) is 0 Å². The Hall–Kier alpha value is -2.89. The highest BCUT2D eigenvalue weighted by Gasteiger charge is 2.42. The second-order valence-corrected chi connectivity index (χ2v) is 6.52. The molecule has 0 radical (unpaired) electrons. The number of carbonyl (C=O) groups is 3. The molecule has 0 spiro atoms. The molecule has 25 heavy (non-hydrogen) atoms. The quantitative estimate of drug-likeness (QED) is 0.804. The molecule has 1 aliphatic heterocycles. The van der Waals surface area contributed by atoms with E-state index in [0.717, 1.165) is 31.8 Å². The van der Waals surface area contributed by atoms with Crippen molar-refractivity contribution in [3.8, 4) is 0 Å². The topological polar surface area (TPSA) is 60.9 Å². The van der Waals surface area contributed by atoms with Crippen molar-refractivity contribution < 1.29 is 14.4 Å². The van der Waals surface area contributed by atoms with E-state index in [-0.39, 0.29) is 6.42 Å². The predicted molar refractivity (Wildman–Crippen MR) is 96.4 cm³/mol. The molecular weight excluding hydrogens is 318 g/mol. The lowest BCUT2D eigenvalue weighted by molar-refractivity contribution is -0.147. The maximum absolute atomic E-state index is 12.5.